The first kappa shape index (κ1) is 17.1. The minimum atomic E-state index is -2.90. The molecule has 1 N–H and O–H groups in total. The molecule has 130 valence electrons. The normalized spacial score (nSPS) is 10.9. The zero-order chi connectivity index (χ0) is 17.8. The number of carbonyl (C=O) groups excluding carboxylic acids is 1. The van der Waals surface area contributed by atoms with E-state index in [-0.39, 0.29) is 11.7 Å². The Morgan fingerprint density at radius 2 is 1.92 bits per heavy atom. The van der Waals surface area contributed by atoms with Crippen LogP contribution in [0.25, 0.3) is 10.2 Å². The van der Waals surface area contributed by atoms with E-state index in [0.29, 0.717) is 17.3 Å². The summed E-state index contributed by atoms with van der Waals surface area (Å²) in [6.45, 7) is -0.428. The first-order valence-electron chi connectivity index (χ1n) is 7.45. The maximum Gasteiger partial charge on any atom is 0.387 e. The van der Waals surface area contributed by atoms with Crippen molar-refractivity contribution in [2.24, 2.45) is 0 Å². The Labute approximate surface area is 146 Å². The van der Waals surface area contributed by atoms with Gasteiger partial charge in [0.25, 0.3) is 5.91 Å². The highest BCUT2D eigenvalue weighted by atomic mass is 32.1. The molecule has 1 heterocycles. The van der Waals surface area contributed by atoms with Gasteiger partial charge >= 0.3 is 6.61 Å². The van der Waals surface area contributed by atoms with Crippen LogP contribution < -0.4 is 14.8 Å². The third kappa shape index (κ3) is 4.21. The van der Waals surface area contributed by atoms with Gasteiger partial charge in [-0.25, -0.2) is 4.98 Å². The van der Waals surface area contributed by atoms with E-state index in [1.54, 1.807) is 0 Å². The molecule has 0 bridgehead atoms. The Morgan fingerprint density at radius 1 is 1.20 bits per heavy atom. The largest absolute Gasteiger partial charge is 0.494 e. The molecule has 8 heteroatoms. The number of nitrogens with one attached hydrogen (secondary N) is 1. The minimum absolute atomic E-state index is 0.00464. The highest BCUT2D eigenvalue weighted by Gasteiger charge is 2.11. The second kappa shape index (κ2) is 7.43. The van der Waals surface area contributed by atoms with E-state index >= 15 is 0 Å². The van der Waals surface area contributed by atoms with Crippen molar-refractivity contribution in [3.05, 3.63) is 48.0 Å². The summed E-state index contributed by atoms with van der Waals surface area (Å²) >= 11 is 1.32. The Kier molecular flexibility index (Phi) is 5.08. The number of benzene rings is 2. The first-order chi connectivity index (χ1) is 12.0. The number of fused-ring (bicyclic) bond motifs is 1. The number of alkyl halides is 2. The summed E-state index contributed by atoms with van der Waals surface area (Å²) in [5, 5.41) is 3.14. The van der Waals surface area contributed by atoms with E-state index in [4.69, 9.17) is 4.74 Å². The standard InChI is InChI=1S/C17H14F2N2O3S/c1-2-23-12-7-8-13-14(9-12)25-17(20-13)21-15(22)10-3-5-11(6-4-10)24-16(18)19/h3-9,16H,2H2,1H3,(H,20,21,22). The Bertz CT molecular complexity index is 881. The molecule has 2 aromatic carbocycles. The maximum atomic E-state index is 12.2. The van der Waals surface area contributed by atoms with Crippen LogP contribution in [-0.4, -0.2) is 24.1 Å². The summed E-state index contributed by atoms with van der Waals surface area (Å²) in [4.78, 5) is 16.6. The third-order valence-corrected chi connectivity index (χ3v) is 4.17. The average molecular weight is 364 g/mol. The van der Waals surface area contributed by atoms with Gasteiger partial charge in [-0.2, -0.15) is 8.78 Å². The number of halogens is 2. The van der Waals surface area contributed by atoms with E-state index < -0.39 is 6.61 Å². The SMILES string of the molecule is CCOc1ccc2nc(NC(=O)c3ccc(OC(F)F)cc3)sc2c1. The molecule has 0 aliphatic heterocycles. The van der Waals surface area contributed by atoms with Crippen LogP contribution in [0.2, 0.25) is 0 Å². The topological polar surface area (TPSA) is 60.5 Å². The van der Waals surface area contributed by atoms with Gasteiger partial charge in [-0.05, 0) is 49.4 Å². The lowest BCUT2D eigenvalue weighted by Crippen LogP contribution is -2.11. The van der Waals surface area contributed by atoms with Crippen LogP contribution in [0.15, 0.2) is 42.5 Å². The lowest BCUT2D eigenvalue weighted by atomic mass is 10.2. The number of carbonyl (C=O) groups is 1. The summed E-state index contributed by atoms with van der Waals surface area (Å²) in [5.41, 5.74) is 1.07. The average Bonchev–Trinajstić information content (AvgIpc) is 2.96. The molecule has 1 aromatic heterocycles. The van der Waals surface area contributed by atoms with Gasteiger partial charge in [0.2, 0.25) is 0 Å². The van der Waals surface area contributed by atoms with Crippen LogP contribution >= 0.6 is 11.3 Å². The van der Waals surface area contributed by atoms with Crippen LogP contribution in [0.1, 0.15) is 17.3 Å². The quantitative estimate of drug-likeness (QED) is 0.697. The first-order valence-corrected chi connectivity index (χ1v) is 8.26. The molecule has 0 unspecified atom stereocenters. The molecule has 25 heavy (non-hydrogen) atoms. The van der Waals surface area contributed by atoms with Crippen LogP contribution in [0.4, 0.5) is 13.9 Å². The number of hydrogen-bond donors (Lipinski definition) is 1. The molecule has 0 radical (unpaired) electrons. The molecule has 0 atom stereocenters. The van der Waals surface area contributed by atoms with Crippen molar-refractivity contribution in [1.82, 2.24) is 4.98 Å². The molecule has 1 amide bonds. The van der Waals surface area contributed by atoms with Gasteiger partial charge in [0.05, 0.1) is 16.8 Å². The van der Waals surface area contributed by atoms with Gasteiger partial charge < -0.3 is 9.47 Å². The fraction of sp³-hybridized carbons (Fsp3) is 0.176. The summed E-state index contributed by atoms with van der Waals surface area (Å²) < 4.78 is 34.8. The summed E-state index contributed by atoms with van der Waals surface area (Å²) in [6.07, 6.45) is 0. The molecular formula is C17H14F2N2O3S. The maximum absolute atomic E-state index is 12.2. The van der Waals surface area contributed by atoms with E-state index in [2.05, 4.69) is 15.0 Å². The lowest BCUT2D eigenvalue weighted by Gasteiger charge is -2.05. The monoisotopic (exact) mass is 364 g/mol. The molecule has 0 aliphatic carbocycles. The molecule has 0 saturated carbocycles. The van der Waals surface area contributed by atoms with Gasteiger partial charge in [-0.1, -0.05) is 11.3 Å². The number of hydrogen-bond acceptors (Lipinski definition) is 5. The summed E-state index contributed by atoms with van der Waals surface area (Å²) in [7, 11) is 0. The van der Waals surface area contributed by atoms with E-state index in [1.165, 1.54) is 35.6 Å². The van der Waals surface area contributed by atoms with Crippen molar-refractivity contribution in [2.75, 3.05) is 11.9 Å². The number of nitrogens with zero attached hydrogens (tertiary/aromatic N) is 1. The van der Waals surface area contributed by atoms with Crippen LogP contribution in [0, 0.1) is 0 Å². The predicted molar refractivity (Wildman–Crippen MR) is 91.8 cm³/mol. The van der Waals surface area contributed by atoms with Crippen molar-refractivity contribution >= 4 is 32.6 Å². The second-order valence-corrected chi connectivity index (χ2v) is 5.97. The zero-order valence-corrected chi connectivity index (χ0v) is 14.0. The summed E-state index contributed by atoms with van der Waals surface area (Å²) in [5.74, 6) is 0.355. The number of rotatable bonds is 6. The van der Waals surface area contributed by atoms with Gasteiger partial charge in [0.15, 0.2) is 5.13 Å². The second-order valence-electron chi connectivity index (χ2n) is 4.94. The highest BCUT2D eigenvalue weighted by Crippen LogP contribution is 2.29. The zero-order valence-electron chi connectivity index (χ0n) is 13.2. The molecule has 0 fully saturated rings. The van der Waals surface area contributed by atoms with Crippen molar-refractivity contribution in [3.63, 3.8) is 0 Å². The minimum Gasteiger partial charge on any atom is -0.494 e. The number of anilines is 1. The van der Waals surface area contributed by atoms with Crippen LogP contribution in [0.3, 0.4) is 0 Å². The Morgan fingerprint density at radius 3 is 2.60 bits per heavy atom. The van der Waals surface area contributed by atoms with Gasteiger partial charge in [-0.15, -0.1) is 0 Å². The molecule has 0 aliphatic rings. The number of aromatic nitrogens is 1. The lowest BCUT2D eigenvalue weighted by molar-refractivity contribution is -0.0498. The van der Waals surface area contributed by atoms with Gasteiger partial charge in [0, 0.05) is 5.56 Å². The number of ether oxygens (including phenoxy) is 2. The fourth-order valence-corrected chi connectivity index (χ4v) is 3.06. The molecule has 0 spiro atoms. The predicted octanol–water partition coefficient (Wildman–Crippen LogP) is 4.55. The van der Waals surface area contributed by atoms with Crippen LogP contribution in [-0.2, 0) is 0 Å². The van der Waals surface area contributed by atoms with Gasteiger partial charge in [0.1, 0.15) is 11.5 Å². The van der Waals surface area contributed by atoms with Crippen molar-refractivity contribution in [3.8, 4) is 11.5 Å². The molecule has 5 nitrogen and oxygen atoms in total. The van der Waals surface area contributed by atoms with E-state index in [9.17, 15) is 13.6 Å². The number of amides is 1. The van der Waals surface area contributed by atoms with Gasteiger partial charge in [-0.3, -0.25) is 10.1 Å². The Hall–Kier alpha value is -2.74. The highest BCUT2D eigenvalue weighted by molar-refractivity contribution is 7.22. The number of thiazole rings is 1. The summed E-state index contributed by atoms with van der Waals surface area (Å²) in [6, 6.07) is 11.0. The Balaban J connectivity index is 1.72. The van der Waals surface area contributed by atoms with Crippen molar-refractivity contribution < 1.29 is 23.0 Å². The van der Waals surface area contributed by atoms with Crippen molar-refractivity contribution in [2.45, 2.75) is 13.5 Å². The van der Waals surface area contributed by atoms with E-state index in [0.717, 1.165) is 16.0 Å². The molecular weight excluding hydrogens is 350 g/mol. The van der Waals surface area contributed by atoms with E-state index in [1.807, 2.05) is 25.1 Å². The molecule has 3 rings (SSSR count). The van der Waals surface area contributed by atoms with Crippen molar-refractivity contribution in [1.29, 1.82) is 0 Å². The molecule has 0 saturated heterocycles. The van der Waals surface area contributed by atoms with Crippen LogP contribution in [0.5, 0.6) is 11.5 Å². The smallest absolute Gasteiger partial charge is 0.387 e. The fourth-order valence-electron chi connectivity index (χ4n) is 2.17. The third-order valence-electron chi connectivity index (χ3n) is 3.23. The molecule has 3 aromatic rings.